The number of methoxy groups -OCH3 is 1. The Labute approximate surface area is 249 Å². The van der Waals surface area contributed by atoms with E-state index in [1.165, 1.54) is 16.9 Å². The van der Waals surface area contributed by atoms with Gasteiger partial charge >= 0.3 is 0 Å². The van der Waals surface area contributed by atoms with E-state index in [-0.39, 0.29) is 0 Å². The van der Waals surface area contributed by atoms with E-state index >= 15 is 0 Å². The van der Waals surface area contributed by atoms with Crippen LogP contribution < -0.4 is 9.47 Å². The van der Waals surface area contributed by atoms with Gasteiger partial charge < -0.3 is 18.8 Å². The lowest BCUT2D eigenvalue weighted by Gasteiger charge is -2.32. The molecule has 1 fully saturated rings. The molecule has 0 atom stereocenters. The zero-order valence-corrected chi connectivity index (χ0v) is 24.8. The number of furan rings is 1. The monoisotopic (exact) mass is 600 g/mol. The summed E-state index contributed by atoms with van der Waals surface area (Å²) in [5.41, 5.74) is 4.55. The van der Waals surface area contributed by atoms with Crippen LogP contribution in [0.2, 0.25) is 0 Å². The van der Waals surface area contributed by atoms with Crippen LogP contribution in [0.3, 0.4) is 0 Å². The summed E-state index contributed by atoms with van der Waals surface area (Å²) in [5, 5.41) is 9.22. The third kappa shape index (κ3) is 5.36. The van der Waals surface area contributed by atoms with Crippen LogP contribution in [0, 0.1) is 6.92 Å². The number of hydrogen-bond acceptors (Lipinski definition) is 10. The molecule has 214 valence electrons. The minimum atomic E-state index is 0.313. The van der Waals surface area contributed by atoms with Gasteiger partial charge in [0.05, 0.1) is 24.4 Å². The van der Waals surface area contributed by atoms with Crippen molar-refractivity contribution >= 4 is 45.0 Å². The highest BCUT2D eigenvalue weighted by molar-refractivity contribution is 7.16. The second-order valence-corrected chi connectivity index (χ2v) is 12.2. The zero-order chi connectivity index (χ0) is 28.6. The Hall–Kier alpha value is -4.26. The Morgan fingerprint density at radius 2 is 1.90 bits per heavy atom. The van der Waals surface area contributed by atoms with Crippen LogP contribution in [-0.4, -0.2) is 69.1 Å². The number of aryl methyl sites for hydroxylation is 1. The van der Waals surface area contributed by atoms with E-state index in [1.807, 2.05) is 41.6 Å². The Morgan fingerprint density at radius 1 is 1.07 bits per heavy atom. The van der Waals surface area contributed by atoms with E-state index in [9.17, 15) is 4.79 Å². The van der Waals surface area contributed by atoms with Gasteiger partial charge in [0.15, 0.2) is 5.76 Å². The highest BCUT2D eigenvalue weighted by Gasteiger charge is 2.18. The fraction of sp³-hybridized carbons (Fsp3) is 0.267. The SMILES string of the molecule is COc1cc(OCc2csc(-c3ccc(CN4CCN(C=O)CC4)cc3)n2)c2cc(-c3cn4nc(C)sc4n3)oc2c1. The molecule has 4 aromatic heterocycles. The minimum absolute atomic E-state index is 0.313. The standard InChI is InChI=1S/C30H28N6O4S2/c1-19-33-36-15-25(32-30(36)42-19)28-13-24-26(11-23(38-2)12-27(24)40-28)39-16-22-17-41-29(31-22)21-5-3-20(4-6-21)14-34-7-9-35(18-37)10-8-34/h3-6,11-13,15,17-18H,7-10,14,16H2,1-2H3. The number of carbonyl (C=O) groups excluding carboxylic acids is 1. The third-order valence-electron chi connectivity index (χ3n) is 7.30. The molecule has 2 aromatic carbocycles. The van der Waals surface area contributed by atoms with Crippen molar-refractivity contribution in [1.82, 2.24) is 29.4 Å². The summed E-state index contributed by atoms with van der Waals surface area (Å²) < 4.78 is 19.7. The Morgan fingerprint density at radius 3 is 2.67 bits per heavy atom. The number of rotatable bonds is 9. The summed E-state index contributed by atoms with van der Waals surface area (Å²) in [7, 11) is 1.62. The average molecular weight is 601 g/mol. The van der Waals surface area contributed by atoms with Gasteiger partial charge in [0.2, 0.25) is 11.4 Å². The number of ether oxygens (including phenoxy) is 2. The molecule has 1 saturated heterocycles. The fourth-order valence-corrected chi connectivity index (χ4v) is 6.59. The van der Waals surface area contributed by atoms with Gasteiger partial charge in [-0.3, -0.25) is 9.69 Å². The molecule has 1 aliphatic heterocycles. The third-order valence-corrected chi connectivity index (χ3v) is 9.07. The van der Waals surface area contributed by atoms with Crippen molar-refractivity contribution in [2.24, 2.45) is 0 Å². The minimum Gasteiger partial charge on any atom is -0.496 e. The Kier molecular flexibility index (Phi) is 7.10. The normalized spacial score (nSPS) is 14.2. The smallest absolute Gasteiger partial charge is 0.212 e. The molecule has 0 saturated carbocycles. The number of hydrogen-bond donors (Lipinski definition) is 0. The number of piperazine rings is 1. The molecule has 0 bridgehead atoms. The number of imidazole rings is 1. The van der Waals surface area contributed by atoms with Gasteiger partial charge in [-0.2, -0.15) is 5.10 Å². The van der Waals surface area contributed by atoms with Crippen molar-refractivity contribution in [3.8, 4) is 33.5 Å². The molecule has 10 nitrogen and oxygen atoms in total. The summed E-state index contributed by atoms with van der Waals surface area (Å²) >= 11 is 3.13. The van der Waals surface area contributed by atoms with Crippen molar-refractivity contribution in [2.45, 2.75) is 20.1 Å². The number of amides is 1. The van der Waals surface area contributed by atoms with Gasteiger partial charge in [-0.05, 0) is 18.6 Å². The summed E-state index contributed by atoms with van der Waals surface area (Å²) in [6, 6.07) is 14.2. The van der Waals surface area contributed by atoms with Gasteiger partial charge in [-0.15, -0.1) is 11.3 Å². The quantitative estimate of drug-likeness (QED) is 0.201. The topological polar surface area (TPSA) is 98.2 Å². The summed E-state index contributed by atoms with van der Waals surface area (Å²) in [6.07, 6.45) is 2.81. The number of thiazole rings is 1. The molecule has 0 aliphatic carbocycles. The first-order valence-corrected chi connectivity index (χ1v) is 15.3. The molecule has 1 amide bonds. The van der Waals surface area contributed by atoms with Gasteiger partial charge in [0, 0.05) is 55.8 Å². The second-order valence-electron chi connectivity index (χ2n) is 10.2. The first-order valence-electron chi connectivity index (χ1n) is 13.6. The number of nitrogens with zero attached hydrogens (tertiary/aromatic N) is 6. The second kappa shape index (κ2) is 11.2. The van der Waals surface area contributed by atoms with Crippen LogP contribution in [-0.2, 0) is 17.9 Å². The van der Waals surface area contributed by atoms with E-state index in [0.29, 0.717) is 35.1 Å². The molecular weight excluding hydrogens is 573 g/mol. The summed E-state index contributed by atoms with van der Waals surface area (Å²) in [6.45, 7) is 6.52. The van der Waals surface area contributed by atoms with Crippen molar-refractivity contribution in [1.29, 1.82) is 0 Å². The molecule has 5 heterocycles. The van der Waals surface area contributed by atoms with Crippen LogP contribution in [0.1, 0.15) is 16.3 Å². The molecule has 7 rings (SSSR count). The molecule has 12 heteroatoms. The van der Waals surface area contributed by atoms with Crippen molar-refractivity contribution in [2.75, 3.05) is 33.3 Å². The Balaban J connectivity index is 1.04. The first-order chi connectivity index (χ1) is 20.5. The lowest BCUT2D eigenvalue weighted by atomic mass is 10.1. The van der Waals surface area contributed by atoms with Gasteiger partial charge in [0.25, 0.3) is 0 Å². The maximum Gasteiger partial charge on any atom is 0.212 e. The predicted octanol–water partition coefficient (Wildman–Crippen LogP) is 5.50. The summed E-state index contributed by atoms with van der Waals surface area (Å²) in [5.74, 6) is 1.94. The van der Waals surface area contributed by atoms with Gasteiger partial charge in [0.1, 0.15) is 39.4 Å². The molecule has 0 N–H and O–H groups in total. The van der Waals surface area contributed by atoms with E-state index in [2.05, 4.69) is 39.2 Å². The highest BCUT2D eigenvalue weighted by atomic mass is 32.1. The number of fused-ring (bicyclic) bond motifs is 2. The number of carbonyl (C=O) groups is 1. The van der Waals surface area contributed by atoms with Gasteiger partial charge in [-0.1, -0.05) is 35.6 Å². The first kappa shape index (κ1) is 26.6. The van der Waals surface area contributed by atoms with Crippen molar-refractivity contribution < 1.29 is 18.7 Å². The van der Waals surface area contributed by atoms with Crippen molar-refractivity contribution in [3.05, 3.63) is 70.3 Å². The van der Waals surface area contributed by atoms with Gasteiger partial charge in [-0.25, -0.2) is 14.5 Å². The van der Waals surface area contributed by atoms with E-state index in [0.717, 1.165) is 70.8 Å². The van der Waals surface area contributed by atoms with Crippen LogP contribution in [0.4, 0.5) is 0 Å². The average Bonchev–Trinajstić information content (AvgIpc) is 3.80. The van der Waals surface area contributed by atoms with E-state index in [4.69, 9.17) is 18.9 Å². The lowest BCUT2D eigenvalue weighted by Crippen LogP contribution is -2.45. The maximum atomic E-state index is 10.9. The predicted molar refractivity (Wildman–Crippen MR) is 162 cm³/mol. The number of aromatic nitrogens is 4. The van der Waals surface area contributed by atoms with Crippen molar-refractivity contribution in [3.63, 3.8) is 0 Å². The molecule has 0 radical (unpaired) electrons. The van der Waals surface area contributed by atoms with E-state index in [1.54, 1.807) is 23.0 Å². The molecular formula is C30H28N6O4S2. The molecule has 0 spiro atoms. The largest absolute Gasteiger partial charge is 0.496 e. The van der Waals surface area contributed by atoms with Crippen LogP contribution >= 0.6 is 22.7 Å². The lowest BCUT2D eigenvalue weighted by molar-refractivity contribution is -0.119. The summed E-state index contributed by atoms with van der Waals surface area (Å²) in [4.78, 5) is 25.5. The highest BCUT2D eigenvalue weighted by Crippen LogP contribution is 2.37. The molecule has 0 unspecified atom stereocenters. The Bertz CT molecular complexity index is 1830. The van der Waals surface area contributed by atoms with E-state index < -0.39 is 0 Å². The van der Waals surface area contributed by atoms with Crippen LogP contribution in [0.15, 0.2) is 58.5 Å². The number of benzene rings is 2. The fourth-order valence-electron chi connectivity index (χ4n) is 5.06. The van der Waals surface area contributed by atoms with Crippen LogP contribution in [0.25, 0.3) is 38.0 Å². The zero-order valence-electron chi connectivity index (χ0n) is 23.1. The van der Waals surface area contributed by atoms with Crippen LogP contribution in [0.5, 0.6) is 11.5 Å². The molecule has 1 aliphatic rings. The molecule has 42 heavy (non-hydrogen) atoms. The molecule has 6 aromatic rings. The maximum absolute atomic E-state index is 10.9.